The standard InChI is InChI=1S/C18H29N5O5S/c1-20-17-4-5-23(29(25,26)22-8-12-28-13-9-22)14-15(17)16(19-20)2-3-18(24)21-6-10-27-11-7-21/h2-14H2,1H3. The summed E-state index contributed by atoms with van der Waals surface area (Å²) in [5.41, 5.74) is 2.84. The lowest BCUT2D eigenvalue weighted by Crippen LogP contribution is -2.49. The van der Waals surface area contributed by atoms with Crippen LogP contribution < -0.4 is 0 Å². The highest BCUT2D eigenvalue weighted by Gasteiger charge is 2.35. The van der Waals surface area contributed by atoms with Crippen molar-refractivity contribution >= 4 is 16.1 Å². The Balaban J connectivity index is 1.45. The van der Waals surface area contributed by atoms with Crippen LogP contribution in [0.25, 0.3) is 0 Å². The van der Waals surface area contributed by atoms with Gasteiger partial charge in [-0.3, -0.25) is 9.48 Å². The molecular formula is C18H29N5O5S. The lowest BCUT2D eigenvalue weighted by molar-refractivity contribution is -0.135. The van der Waals surface area contributed by atoms with Crippen molar-refractivity contribution in [2.45, 2.75) is 25.8 Å². The third kappa shape index (κ3) is 4.33. The van der Waals surface area contributed by atoms with Crippen molar-refractivity contribution in [3.63, 3.8) is 0 Å². The van der Waals surface area contributed by atoms with Gasteiger partial charge in [0.15, 0.2) is 0 Å². The van der Waals surface area contributed by atoms with Gasteiger partial charge in [0.05, 0.1) is 32.1 Å². The fourth-order valence-electron chi connectivity index (χ4n) is 4.18. The van der Waals surface area contributed by atoms with E-state index in [1.54, 1.807) is 0 Å². The minimum Gasteiger partial charge on any atom is -0.379 e. The molecule has 0 bridgehead atoms. The summed E-state index contributed by atoms with van der Waals surface area (Å²) in [4.78, 5) is 14.3. The number of fused-ring (bicyclic) bond motifs is 1. The molecule has 4 rings (SSSR count). The number of hydrogen-bond acceptors (Lipinski definition) is 6. The molecular weight excluding hydrogens is 398 g/mol. The monoisotopic (exact) mass is 427 g/mol. The molecule has 1 amide bonds. The molecule has 0 spiro atoms. The summed E-state index contributed by atoms with van der Waals surface area (Å²) >= 11 is 0. The summed E-state index contributed by atoms with van der Waals surface area (Å²) in [5.74, 6) is 0.0984. The molecule has 4 heterocycles. The Hall–Kier alpha value is -1.53. The number of rotatable bonds is 5. The van der Waals surface area contributed by atoms with E-state index in [0.717, 1.165) is 17.0 Å². The summed E-state index contributed by atoms with van der Waals surface area (Å²) in [5, 5.41) is 4.60. The van der Waals surface area contributed by atoms with E-state index in [1.807, 2.05) is 16.6 Å². The van der Waals surface area contributed by atoms with Crippen LogP contribution >= 0.6 is 0 Å². The lowest BCUT2D eigenvalue weighted by atomic mass is 10.0. The number of nitrogens with zero attached hydrogens (tertiary/aromatic N) is 5. The second-order valence-electron chi connectivity index (χ2n) is 7.59. The normalized spacial score (nSPS) is 21.9. The average Bonchev–Trinajstić information content (AvgIpc) is 3.08. The number of carbonyl (C=O) groups excluding carboxylic acids is 1. The molecule has 0 aliphatic carbocycles. The third-order valence-corrected chi connectivity index (χ3v) is 7.83. The molecule has 0 unspecified atom stereocenters. The van der Waals surface area contributed by atoms with Gasteiger partial charge >= 0.3 is 0 Å². The first-order valence-electron chi connectivity index (χ1n) is 10.2. The number of carbonyl (C=O) groups is 1. The Morgan fingerprint density at radius 1 is 1.00 bits per heavy atom. The van der Waals surface area contributed by atoms with E-state index >= 15 is 0 Å². The van der Waals surface area contributed by atoms with Crippen molar-refractivity contribution in [2.75, 3.05) is 59.2 Å². The molecule has 11 heteroatoms. The molecule has 3 aliphatic heterocycles. The van der Waals surface area contributed by atoms with E-state index in [1.165, 1.54) is 8.61 Å². The van der Waals surface area contributed by atoms with Crippen LogP contribution in [0.1, 0.15) is 23.4 Å². The SMILES string of the molecule is Cn1nc(CCC(=O)N2CCOCC2)c2c1CCN(S(=O)(=O)N1CCOCC1)C2. The maximum absolute atomic E-state index is 13.0. The molecule has 0 radical (unpaired) electrons. The fraction of sp³-hybridized carbons (Fsp3) is 0.778. The summed E-state index contributed by atoms with van der Waals surface area (Å²) in [7, 11) is -1.64. The van der Waals surface area contributed by atoms with Crippen LogP contribution in [0, 0.1) is 0 Å². The maximum Gasteiger partial charge on any atom is 0.282 e. The Bertz CT molecular complexity index is 843. The number of hydrogen-bond donors (Lipinski definition) is 0. The number of aryl methyl sites for hydroxylation is 2. The van der Waals surface area contributed by atoms with Crippen LogP contribution in [0.5, 0.6) is 0 Å². The van der Waals surface area contributed by atoms with Gasteiger partial charge in [-0.05, 0) is 0 Å². The van der Waals surface area contributed by atoms with Gasteiger partial charge in [-0.1, -0.05) is 0 Å². The quantitative estimate of drug-likeness (QED) is 0.607. The molecule has 10 nitrogen and oxygen atoms in total. The topological polar surface area (TPSA) is 97.2 Å². The Labute approximate surface area is 171 Å². The molecule has 1 aromatic rings. The van der Waals surface area contributed by atoms with E-state index < -0.39 is 10.2 Å². The zero-order valence-electron chi connectivity index (χ0n) is 16.9. The predicted molar refractivity (Wildman–Crippen MR) is 104 cm³/mol. The summed E-state index contributed by atoms with van der Waals surface area (Å²) < 4.78 is 41.5. The van der Waals surface area contributed by atoms with Gasteiger partial charge in [-0.25, -0.2) is 0 Å². The molecule has 3 aliphatic rings. The minimum absolute atomic E-state index is 0.0984. The van der Waals surface area contributed by atoms with Gasteiger partial charge in [0, 0.05) is 76.8 Å². The molecule has 0 N–H and O–H groups in total. The van der Waals surface area contributed by atoms with Crippen LogP contribution in [0.2, 0.25) is 0 Å². The smallest absolute Gasteiger partial charge is 0.282 e. The van der Waals surface area contributed by atoms with Crippen molar-refractivity contribution in [1.29, 1.82) is 0 Å². The predicted octanol–water partition coefficient (Wildman–Crippen LogP) is -0.853. The van der Waals surface area contributed by atoms with Crippen LogP contribution in [0.4, 0.5) is 0 Å². The van der Waals surface area contributed by atoms with E-state index in [-0.39, 0.29) is 5.91 Å². The van der Waals surface area contributed by atoms with E-state index in [4.69, 9.17) is 9.47 Å². The highest BCUT2D eigenvalue weighted by atomic mass is 32.2. The lowest BCUT2D eigenvalue weighted by Gasteiger charge is -2.34. The van der Waals surface area contributed by atoms with E-state index in [2.05, 4.69) is 5.10 Å². The number of morpholine rings is 2. The molecule has 0 saturated carbocycles. The Morgan fingerprint density at radius 2 is 1.66 bits per heavy atom. The van der Waals surface area contributed by atoms with Crippen molar-refractivity contribution in [3.05, 3.63) is 17.0 Å². The zero-order chi connectivity index (χ0) is 20.4. The number of amides is 1. The van der Waals surface area contributed by atoms with Gasteiger partial charge in [0.25, 0.3) is 10.2 Å². The number of aromatic nitrogens is 2. The maximum atomic E-state index is 13.0. The fourth-order valence-corrected chi connectivity index (χ4v) is 5.73. The van der Waals surface area contributed by atoms with Crippen LogP contribution in [0.3, 0.4) is 0 Å². The first kappa shape index (κ1) is 20.7. The third-order valence-electron chi connectivity index (χ3n) is 5.85. The van der Waals surface area contributed by atoms with Crippen molar-refractivity contribution in [1.82, 2.24) is 23.3 Å². The van der Waals surface area contributed by atoms with Crippen molar-refractivity contribution in [2.24, 2.45) is 7.05 Å². The Morgan fingerprint density at radius 3 is 2.34 bits per heavy atom. The molecule has 1 aromatic heterocycles. The molecule has 0 aromatic carbocycles. The van der Waals surface area contributed by atoms with Gasteiger partial charge in [-0.2, -0.15) is 22.1 Å². The van der Waals surface area contributed by atoms with Crippen LogP contribution in [0.15, 0.2) is 0 Å². The highest BCUT2D eigenvalue weighted by Crippen LogP contribution is 2.26. The van der Waals surface area contributed by atoms with Gasteiger partial charge in [0.2, 0.25) is 5.91 Å². The molecule has 2 saturated heterocycles. The van der Waals surface area contributed by atoms with Gasteiger partial charge in [0.1, 0.15) is 0 Å². The van der Waals surface area contributed by atoms with Gasteiger partial charge in [-0.15, -0.1) is 0 Å². The van der Waals surface area contributed by atoms with Crippen molar-refractivity contribution in [3.8, 4) is 0 Å². The van der Waals surface area contributed by atoms with Crippen LogP contribution in [-0.4, -0.2) is 96.8 Å². The van der Waals surface area contributed by atoms with Gasteiger partial charge < -0.3 is 14.4 Å². The second-order valence-corrected chi connectivity index (χ2v) is 9.52. The summed E-state index contributed by atoms with van der Waals surface area (Å²) in [6.45, 7) is 4.81. The minimum atomic E-state index is -3.52. The highest BCUT2D eigenvalue weighted by molar-refractivity contribution is 7.86. The first-order valence-corrected chi connectivity index (χ1v) is 11.6. The summed E-state index contributed by atoms with van der Waals surface area (Å²) in [6.07, 6.45) is 1.52. The molecule has 2 fully saturated rings. The largest absolute Gasteiger partial charge is 0.379 e. The average molecular weight is 428 g/mol. The van der Waals surface area contributed by atoms with Crippen molar-refractivity contribution < 1.29 is 22.7 Å². The van der Waals surface area contributed by atoms with E-state index in [0.29, 0.717) is 85.0 Å². The summed E-state index contributed by atoms with van der Waals surface area (Å²) in [6, 6.07) is 0. The second kappa shape index (κ2) is 8.68. The van der Waals surface area contributed by atoms with Crippen LogP contribution in [-0.2, 0) is 50.9 Å². The molecule has 29 heavy (non-hydrogen) atoms. The van der Waals surface area contributed by atoms with E-state index in [9.17, 15) is 13.2 Å². The Kier molecular flexibility index (Phi) is 6.21. The molecule has 0 atom stereocenters. The number of ether oxygens (including phenoxy) is 2. The molecule has 162 valence electrons. The first-order chi connectivity index (χ1) is 14.0. The zero-order valence-corrected chi connectivity index (χ0v) is 17.7.